The van der Waals surface area contributed by atoms with E-state index in [1.54, 1.807) is 0 Å². The molecule has 0 heterocycles. The zero-order valence-electron chi connectivity index (χ0n) is 24.4. The number of esters is 1. The molecule has 216 valence electrons. The number of hydrogen-bond acceptors (Lipinski definition) is 5. The van der Waals surface area contributed by atoms with Crippen LogP contribution in [0.1, 0.15) is 118 Å². The molecule has 14 atom stereocenters. The van der Waals surface area contributed by atoms with Crippen LogP contribution in [0, 0.1) is 58.2 Å². The van der Waals surface area contributed by atoms with Gasteiger partial charge < -0.3 is 20.1 Å². The van der Waals surface area contributed by atoms with Gasteiger partial charge >= 0.3 is 5.97 Å². The average Bonchev–Trinajstić information content (AvgIpc) is 3.58. The van der Waals surface area contributed by atoms with Crippen LogP contribution in [0.4, 0.5) is 0 Å². The highest BCUT2D eigenvalue weighted by atomic mass is 16.6. The van der Waals surface area contributed by atoms with Crippen LogP contribution < -0.4 is 0 Å². The van der Waals surface area contributed by atoms with Gasteiger partial charge in [0.25, 0.3) is 0 Å². The average molecular weight is 531 g/mol. The molecule has 6 rings (SSSR count). The van der Waals surface area contributed by atoms with Crippen molar-refractivity contribution >= 4 is 5.97 Å². The summed E-state index contributed by atoms with van der Waals surface area (Å²) in [6.07, 6.45) is 12.5. The smallest absolute Gasteiger partial charge is 0.306 e. The van der Waals surface area contributed by atoms with E-state index in [2.05, 4.69) is 27.7 Å². The second-order valence-electron chi connectivity index (χ2n) is 15.5. The molecule has 3 N–H and O–H groups in total. The standard InChI is InChI=1S/C33H54O5/c1-5-33(18-20-7-8-21(33)14-20)38-29(37)11-6-19(2)24-9-10-25-30-26(17-28(36)32(24,25)4)31(3)13-12-23(34)15-22(31)16-27(30)35/h19-28,30,34-36H,5-18H2,1-4H3/t19-,20-,21+,22+,23-,24-,25+,26+,27-,28+,30+,31+,32-,33+/m1/s1. The maximum atomic E-state index is 13.1. The zero-order valence-corrected chi connectivity index (χ0v) is 24.4. The molecule has 0 spiro atoms. The highest BCUT2D eigenvalue weighted by molar-refractivity contribution is 5.70. The zero-order chi connectivity index (χ0) is 27.0. The summed E-state index contributed by atoms with van der Waals surface area (Å²) in [5, 5.41) is 33.7. The SMILES string of the molecule is CC[C@]1(OC(=O)CC[C@@H](C)[C@H]2CC[C@H]3[C@@H]4[C@H](O)C[C@@H]5C[C@H](O)CC[C@]5(C)[C@H]4C[C@H](O)[C@]23C)C[C@@H]2CC[C@H]1C2. The molecule has 0 unspecified atom stereocenters. The minimum atomic E-state index is -0.373. The van der Waals surface area contributed by atoms with E-state index in [4.69, 9.17) is 4.74 Å². The van der Waals surface area contributed by atoms with Crippen LogP contribution in [0.2, 0.25) is 0 Å². The molecule has 0 aliphatic heterocycles. The lowest BCUT2D eigenvalue weighted by atomic mass is 9.43. The Bertz CT molecular complexity index is 906. The molecule has 6 fully saturated rings. The van der Waals surface area contributed by atoms with Gasteiger partial charge in [0, 0.05) is 6.42 Å². The molecular formula is C33H54O5. The van der Waals surface area contributed by atoms with E-state index >= 15 is 0 Å². The minimum absolute atomic E-state index is 0.0173. The molecular weight excluding hydrogens is 476 g/mol. The summed E-state index contributed by atoms with van der Waals surface area (Å²) in [5.74, 6) is 3.25. The monoisotopic (exact) mass is 530 g/mol. The molecule has 0 saturated heterocycles. The van der Waals surface area contributed by atoms with Crippen LogP contribution in [0.5, 0.6) is 0 Å². The van der Waals surface area contributed by atoms with Crippen molar-refractivity contribution in [3.63, 3.8) is 0 Å². The molecule has 6 aliphatic rings. The largest absolute Gasteiger partial charge is 0.459 e. The molecule has 0 aromatic rings. The Hall–Kier alpha value is -0.650. The molecule has 5 nitrogen and oxygen atoms in total. The molecule has 38 heavy (non-hydrogen) atoms. The van der Waals surface area contributed by atoms with Crippen LogP contribution >= 0.6 is 0 Å². The Balaban J connectivity index is 1.13. The van der Waals surface area contributed by atoms with E-state index in [0.717, 1.165) is 70.1 Å². The van der Waals surface area contributed by atoms with Crippen LogP contribution in [0.25, 0.3) is 0 Å². The molecule has 5 heteroatoms. The maximum absolute atomic E-state index is 13.1. The fraction of sp³-hybridized carbons (Fsp3) is 0.970. The van der Waals surface area contributed by atoms with Gasteiger partial charge in [-0.15, -0.1) is 0 Å². The Morgan fingerprint density at radius 1 is 0.947 bits per heavy atom. The first-order chi connectivity index (χ1) is 18.0. The summed E-state index contributed by atoms with van der Waals surface area (Å²) in [6, 6.07) is 0. The number of rotatable bonds is 6. The van der Waals surface area contributed by atoms with Gasteiger partial charge in [0.15, 0.2) is 0 Å². The fourth-order valence-corrected chi connectivity index (χ4v) is 12.0. The van der Waals surface area contributed by atoms with E-state index in [9.17, 15) is 20.1 Å². The molecule has 6 saturated carbocycles. The molecule has 0 aromatic heterocycles. The van der Waals surface area contributed by atoms with Gasteiger partial charge in [-0.3, -0.25) is 4.79 Å². The molecule has 0 aromatic carbocycles. The predicted molar refractivity (Wildman–Crippen MR) is 147 cm³/mol. The topological polar surface area (TPSA) is 87.0 Å². The lowest BCUT2D eigenvalue weighted by molar-refractivity contribution is -0.207. The third-order valence-electron chi connectivity index (χ3n) is 14.2. The van der Waals surface area contributed by atoms with E-state index in [0.29, 0.717) is 41.9 Å². The van der Waals surface area contributed by atoms with Crippen LogP contribution in [0.15, 0.2) is 0 Å². The maximum Gasteiger partial charge on any atom is 0.306 e. The van der Waals surface area contributed by atoms with Gasteiger partial charge in [-0.2, -0.15) is 0 Å². The Morgan fingerprint density at radius 3 is 2.42 bits per heavy atom. The number of carbonyl (C=O) groups is 1. The van der Waals surface area contributed by atoms with Crippen LogP contribution in [-0.2, 0) is 9.53 Å². The molecule has 0 radical (unpaired) electrons. The summed E-state index contributed by atoms with van der Waals surface area (Å²) >= 11 is 0. The van der Waals surface area contributed by atoms with Gasteiger partial charge in [-0.05, 0) is 142 Å². The first-order valence-electron chi connectivity index (χ1n) is 16.3. The fourth-order valence-electron chi connectivity index (χ4n) is 12.0. The summed E-state index contributed by atoms with van der Waals surface area (Å²) < 4.78 is 6.26. The van der Waals surface area contributed by atoms with Gasteiger partial charge in [0.1, 0.15) is 5.60 Å². The summed E-state index contributed by atoms with van der Waals surface area (Å²) in [5.41, 5.74) is -0.311. The molecule has 2 bridgehead atoms. The third kappa shape index (κ3) is 4.06. The van der Waals surface area contributed by atoms with Crippen molar-refractivity contribution < 1.29 is 24.9 Å². The first kappa shape index (κ1) is 27.5. The van der Waals surface area contributed by atoms with Gasteiger partial charge in [-0.1, -0.05) is 27.7 Å². The third-order valence-corrected chi connectivity index (χ3v) is 14.2. The Labute approximate surface area is 230 Å². The minimum Gasteiger partial charge on any atom is -0.459 e. The highest BCUT2D eigenvalue weighted by Crippen LogP contribution is 2.68. The summed E-state index contributed by atoms with van der Waals surface area (Å²) in [6.45, 7) is 9.17. The predicted octanol–water partition coefficient (Wildman–Crippen LogP) is 5.88. The number of carbonyl (C=O) groups excluding carboxylic acids is 1. The summed E-state index contributed by atoms with van der Waals surface area (Å²) in [7, 11) is 0. The molecule has 6 aliphatic carbocycles. The van der Waals surface area contributed by atoms with Crippen LogP contribution in [-0.4, -0.2) is 45.2 Å². The van der Waals surface area contributed by atoms with E-state index in [1.165, 1.54) is 19.3 Å². The second kappa shape index (κ2) is 9.72. The van der Waals surface area contributed by atoms with Gasteiger partial charge in [0.2, 0.25) is 0 Å². The lowest BCUT2D eigenvalue weighted by Gasteiger charge is -2.63. The van der Waals surface area contributed by atoms with E-state index < -0.39 is 0 Å². The van der Waals surface area contributed by atoms with Crippen molar-refractivity contribution in [1.82, 2.24) is 0 Å². The number of ether oxygens (including phenoxy) is 1. The quantitative estimate of drug-likeness (QED) is 0.374. The number of aliphatic hydroxyl groups is 3. The first-order valence-corrected chi connectivity index (χ1v) is 16.3. The second-order valence-corrected chi connectivity index (χ2v) is 15.5. The van der Waals surface area contributed by atoms with Crippen LogP contribution in [0.3, 0.4) is 0 Å². The van der Waals surface area contributed by atoms with Gasteiger partial charge in [-0.25, -0.2) is 0 Å². The van der Waals surface area contributed by atoms with E-state index in [1.807, 2.05) is 0 Å². The van der Waals surface area contributed by atoms with Crippen molar-refractivity contribution in [3.8, 4) is 0 Å². The summed E-state index contributed by atoms with van der Waals surface area (Å²) in [4.78, 5) is 13.1. The van der Waals surface area contributed by atoms with Crippen molar-refractivity contribution in [2.75, 3.05) is 0 Å². The van der Waals surface area contributed by atoms with Crippen molar-refractivity contribution in [1.29, 1.82) is 0 Å². The van der Waals surface area contributed by atoms with Gasteiger partial charge in [0.05, 0.1) is 18.3 Å². The van der Waals surface area contributed by atoms with Crippen molar-refractivity contribution in [3.05, 3.63) is 0 Å². The Kier molecular flexibility index (Phi) is 7.04. The number of hydrogen-bond donors (Lipinski definition) is 3. The van der Waals surface area contributed by atoms with Crippen molar-refractivity contribution in [2.24, 2.45) is 58.2 Å². The Morgan fingerprint density at radius 2 is 1.74 bits per heavy atom. The van der Waals surface area contributed by atoms with E-state index in [-0.39, 0.29) is 46.6 Å². The number of aliphatic hydroxyl groups excluding tert-OH is 3. The highest BCUT2D eigenvalue weighted by Gasteiger charge is 2.65. The molecule has 0 amide bonds. The normalized spacial score (nSPS) is 54.2. The van der Waals surface area contributed by atoms with Crippen molar-refractivity contribution in [2.45, 2.75) is 141 Å². The lowest BCUT2D eigenvalue weighted by Crippen LogP contribution is -2.62. The number of fused-ring (bicyclic) bond motifs is 7.